The molecule has 0 spiro atoms. The number of nitrogens with zero attached hydrogens (tertiary/aromatic N) is 1. The molecule has 19 heavy (non-hydrogen) atoms. The zero-order valence-electron chi connectivity index (χ0n) is 13.3. The van der Waals surface area contributed by atoms with Crippen molar-refractivity contribution in [1.82, 2.24) is 10.3 Å². The van der Waals surface area contributed by atoms with E-state index in [2.05, 4.69) is 50.3 Å². The lowest BCUT2D eigenvalue weighted by molar-refractivity contribution is 0.205. The van der Waals surface area contributed by atoms with E-state index in [9.17, 15) is 0 Å². The Balaban J connectivity index is 2.74. The third-order valence-corrected chi connectivity index (χ3v) is 4.48. The van der Waals surface area contributed by atoms with Crippen molar-refractivity contribution in [1.29, 1.82) is 0 Å². The fraction of sp³-hybridized carbons (Fsp3) is 0.812. The van der Waals surface area contributed by atoms with Crippen LogP contribution in [-0.2, 0) is 6.42 Å². The Kier molecular flexibility index (Phi) is 6.48. The van der Waals surface area contributed by atoms with E-state index >= 15 is 0 Å². The van der Waals surface area contributed by atoms with Crippen molar-refractivity contribution in [2.24, 2.45) is 5.41 Å². The summed E-state index contributed by atoms with van der Waals surface area (Å²) < 4.78 is 0. The molecule has 1 aromatic rings. The number of nitrogens with one attached hydrogen (secondary N) is 1. The molecule has 1 heterocycles. The molecule has 0 amide bonds. The molecular formula is C16H30N2S. The Hall–Kier alpha value is -0.410. The third-order valence-electron chi connectivity index (χ3n) is 3.84. The highest BCUT2D eigenvalue weighted by molar-refractivity contribution is 7.07. The molecule has 3 heteroatoms. The lowest BCUT2D eigenvalue weighted by Gasteiger charge is -2.36. The molecule has 0 saturated heterocycles. The van der Waals surface area contributed by atoms with E-state index in [1.807, 2.05) is 5.51 Å². The molecular weight excluding hydrogens is 252 g/mol. The molecule has 0 aliphatic rings. The molecule has 110 valence electrons. The summed E-state index contributed by atoms with van der Waals surface area (Å²) in [6.07, 6.45) is 6.20. The summed E-state index contributed by atoms with van der Waals surface area (Å²) in [5.41, 5.74) is 3.76. The van der Waals surface area contributed by atoms with E-state index < -0.39 is 0 Å². The van der Waals surface area contributed by atoms with Crippen LogP contribution >= 0.6 is 11.3 Å². The predicted octanol–water partition coefficient (Wildman–Crippen LogP) is 4.66. The lowest BCUT2D eigenvalue weighted by atomic mass is 9.76. The van der Waals surface area contributed by atoms with Gasteiger partial charge >= 0.3 is 0 Å². The maximum absolute atomic E-state index is 4.49. The van der Waals surface area contributed by atoms with Gasteiger partial charge in [-0.15, -0.1) is 11.3 Å². The monoisotopic (exact) mass is 282 g/mol. The Morgan fingerprint density at radius 1 is 1.26 bits per heavy atom. The van der Waals surface area contributed by atoms with Crippen molar-refractivity contribution in [3.05, 3.63) is 16.6 Å². The first-order valence-corrected chi connectivity index (χ1v) is 8.47. The van der Waals surface area contributed by atoms with Crippen molar-refractivity contribution in [2.75, 3.05) is 6.54 Å². The maximum atomic E-state index is 4.49. The van der Waals surface area contributed by atoms with Crippen molar-refractivity contribution in [3.63, 3.8) is 0 Å². The van der Waals surface area contributed by atoms with Gasteiger partial charge in [0.05, 0.1) is 11.2 Å². The van der Waals surface area contributed by atoms with E-state index in [-0.39, 0.29) is 5.54 Å². The number of hydrogen-bond donors (Lipinski definition) is 1. The smallest absolute Gasteiger partial charge is 0.0794 e. The average Bonchev–Trinajstić information content (AvgIpc) is 2.84. The van der Waals surface area contributed by atoms with E-state index in [1.165, 1.54) is 31.4 Å². The van der Waals surface area contributed by atoms with Crippen LogP contribution in [0.2, 0.25) is 0 Å². The molecule has 1 unspecified atom stereocenters. The van der Waals surface area contributed by atoms with Gasteiger partial charge in [0, 0.05) is 17.5 Å². The summed E-state index contributed by atoms with van der Waals surface area (Å²) in [7, 11) is 0. The second-order valence-electron chi connectivity index (χ2n) is 6.72. The van der Waals surface area contributed by atoms with Gasteiger partial charge in [0.1, 0.15) is 0 Å². The van der Waals surface area contributed by atoms with Crippen molar-refractivity contribution in [3.8, 4) is 0 Å². The van der Waals surface area contributed by atoms with Crippen molar-refractivity contribution >= 4 is 11.3 Å². The number of thiazole rings is 1. The van der Waals surface area contributed by atoms with E-state index in [4.69, 9.17) is 0 Å². The quantitative estimate of drug-likeness (QED) is 0.750. The standard InChI is InChI=1S/C16H30N2S/c1-6-8-9-16(7-2,12-18-15(3,4)5)10-14-11-19-13-17-14/h11,13,18H,6-10,12H2,1-5H3. The molecule has 0 bridgehead atoms. The molecule has 0 saturated carbocycles. The normalized spacial score (nSPS) is 15.4. The van der Waals surface area contributed by atoms with E-state index in [1.54, 1.807) is 11.3 Å². The average molecular weight is 282 g/mol. The Morgan fingerprint density at radius 2 is 2.00 bits per heavy atom. The molecule has 1 aromatic heterocycles. The number of rotatable bonds is 8. The lowest BCUT2D eigenvalue weighted by Crippen LogP contribution is -2.44. The molecule has 0 aromatic carbocycles. The molecule has 1 rings (SSSR count). The maximum Gasteiger partial charge on any atom is 0.0794 e. The van der Waals surface area contributed by atoms with E-state index in [0.717, 1.165) is 13.0 Å². The van der Waals surface area contributed by atoms with Crippen LogP contribution in [0.25, 0.3) is 0 Å². The van der Waals surface area contributed by atoms with Gasteiger partial charge < -0.3 is 5.32 Å². The summed E-state index contributed by atoms with van der Waals surface area (Å²) in [4.78, 5) is 4.49. The minimum absolute atomic E-state index is 0.189. The van der Waals surface area contributed by atoms with Gasteiger partial charge in [0.2, 0.25) is 0 Å². The van der Waals surface area contributed by atoms with Crippen LogP contribution in [0.5, 0.6) is 0 Å². The zero-order chi connectivity index (χ0) is 14.4. The number of aromatic nitrogens is 1. The summed E-state index contributed by atoms with van der Waals surface area (Å²) >= 11 is 1.71. The molecule has 2 nitrogen and oxygen atoms in total. The third kappa shape index (κ3) is 6.05. The van der Waals surface area contributed by atoms with Crippen LogP contribution in [0, 0.1) is 5.41 Å². The van der Waals surface area contributed by atoms with Gasteiger partial charge in [-0.25, -0.2) is 4.98 Å². The second-order valence-corrected chi connectivity index (χ2v) is 7.44. The second kappa shape index (κ2) is 7.39. The Morgan fingerprint density at radius 3 is 2.47 bits per heavy atom. The van der Waals surface area contributed by atoms with Crippen LogP contribution < -0.4 is 5.32 Å². The first-order valence-electron chi connectivity index (χ1n) is 7.53. The summed E-state index contributed by atoms with van der Waals surface area (Å²) in [5, 5.41) is 5.91. The predicted molar refractivity (Wildman–Crippen MR) is 85.8 cm³/mol. The van der Waals surface area contributed by atoms with Crippen molar-refractivity contribution in [2.45, 2.75) is 72.3 Å². The molecule has 0 fully saturated rings. The topological polar surface area (TPSA) is 24.9 Å². The summed E-state index contributed by atoms with van der Waals surface area (Å²) in [6, 6.07) is 0. The van der Waals surface area contributed by atoms with Crippen LogP contribution in [0.15, 0.2) is 10.9 Å². The van der Waals surface area contributed by atoms with Crippen LogP contribution in [-0.4, -0.2) is 17.1 Å². The molecule has 0 aliphatic heterocycles. The summed E-state index contributed by atoms with van der Waals surface area (Å²) in [5.74, 6) is 0. The number of unbranched alkanes of at least 4 members (excludes halogenated alkanes) is 1. The van der Waals surface area contributed by atoms with Crippen LogP contribution in [0.3, 0.4) is 0 Å². The minimum atomic E-state index is 0.189. The first-order chi connectivity index (χ1) is 8.91. The minimum Gasteiger partial charge on any atom is -0.312 e. The highest BCUT2D eigenvalue weighted by Crippen LogP contribution is 2.33. The van der Waals surface area contributed by atoms with E-state index in [0.29, 0.717) is 5.41 Å². The highest BCUT2D eigenvalue weighted by Gasteiger charge is 2.30. The number of hydrogen-bond acceptors (Lipinski definition) is 3. The molecule has 0 aliphatic carbocycles. The molecule has 0 radical (unpaired) electrons. The van der Waals surface area contributed by atoms with Gasteiger partial charge in [-0.3, -0.25) is 0 Å². The SMILES string of the molecule is CCCCC(CC)(CNC(C)(C)C)Cc1cscn1. The van der Waals surface area contributed by atoms with Crippen LogP contribution in [0.1, 0.15) is 66.0 Å². The van der Waals surface area contributed by atoms with Crippen LogP contribution in [0.4, 0.5) is 0 Å². The van der Waals surface area contributed by atoms with Gasteiger partial charge in [0.15, 0.2) is 0 Å². The summed E-state index contributed by atoms with van der Waals surface area (Å²) in [6.45, 7) is 12.4. The highest BCUT2D eigenvalue weighted by atomic mass is 32.1. The molecule has 1 N–H and O–H groups in total. The van der Waals surface area contributed by atoms with Crippen molar-refractivity contribution < 1.29 is 0 Å². The Bertz CT molecular complexity index is 340. The fourth-order valence-electron chi connectivity index (χ4n) is 2.38. The van der Waals surface area contributed by atoms with Gasteiger partial charge in [0.25, 0.3) is 0 Å². The molecule has 1 atom stereocenters. The Labute approximate surface area is 123 Å². The zero-order valence-corrected chi connectivity index (χ0v) is 14.1. The fourth-order valence-corrected chi connectivity index (χ4v) is 2.94. The van der Waals surface area contributed by atoms with Gasteiger partial charge in [-0.1, -0.05) is 26.7 Å². The van der Waals surface area contributed by atoms with Gasteiger partial charge in [-0.05, 0) is 45.4 Å². The van der Waals surface area contributed by atoms with Gasteiger partial charge in [-0.2, -0.15) is 0 Å². The largest absolute Gasteiger partial charge is 0.312 e. The first kappa shape index (κ1) is 16.6.